The minimum atomic E-state index is -0.151. The molecule has 2 aromatic carbocycles. The van der Waals surface area contributed by atoms with Crippen molar-refractivity contribution in [2.24, 2.45) is 0 Å². The van der Waals surface area contributed by atoms with Gasteiger partial charge >= 0.3 is 0 Å². The lowest BCUT2D eigenvalue weighted by molar-refractivity contribution is -0.113. The summed E-state index contributed by atoms with van der Waals surface area (Å²) < 4.78 is 6.76. The van der Waals surface area contributed by atoms with Crippen molar-refractivity contribution in [2.75, 3.05) is 11.1 Å². The van der Waals surface area contributed by atoms with E-state index in [4.69, 9.17) is 9.40 Å². The molecule has 32 heavy (non-hydrogen) atoms. The molecule has 0 bridgehead atoms. The van der Waals surface area contributed by atoms with Crippen LogP contribution < -0.4 is 5.32 Å². The summed E-state index contributed by atoms with van der Waals surface area (Å²) in [5.74, 6) is 0.412. The topological polar surface area (TPSA) is 93.8 Å². The maximum atomic E-state index is 12.3. The largest absolute Gasteiger partial charge is 0.411 e. The highest BCUT2D eigenvalue weighted by Crippen LogP contribution is 2.31. The van der Waals surface area contributed by atoms with Gasteiger partial charge < -0.3 is 9.73 Å². The van der Waals surface area contributed by atoms with E-state index in [9.17, 15) is 4.79 Å². The van der Waals surface area contributed by atoms with E-state index in [1.165, 1.54) is 22.0 Å². The minimum absolute atomic E-state index is 0.151. The number of pyridine rings is 1. The van der Waals surface area contributed by atoms with Crippen LogP contribution in [0.1, 0.15) is 5.56 Å². The molecule has 9 heteroatoms. The average molecular weight is 460 g/mol. The molecule has 0 aliphatic rings. The molecule has 5 aromatic rings. The molecule has 0 radical (unpaired) electrons. The van der Waals surface area contributed by atoms with E-state index < -0.39 is 0 Å². The second-order valence-corrected chi connectivity index (χ2v) is 8.97. The zero-order chi connectivity index (χ0) is 21.9. The van der Waals surface area contributed by atoms with Crippen LogP contribution in [0.2, 0.25) is 0 Å². The van der Waals surface area contributed by atoms with Crippen LogP contribution in [0.5, 0.6) is 0 Å². The molecular formula is C23H17N5O2S2. The van der Waals surface area contributed by atoms with Crippen molar-refractivity contribution in [1.29, 1.82) is 0 Å². The summed E-state index contributed by atoms with van der Waals surface area (Å²) in [6.45, 7) is 2.08. The number of benzene rings is 2. The van der Waals surface area contributed by atoms with Gasteiger partial charge in [-0.05, 0) is 61.0 Å². The number of nitrogens with zero attached hydrogens (tertiary/aromatic N) is 4. The third-order valence-electron chi connectivity index (χ3n) is 4.62. The van der Waals surface area contributed by atoms with Gasteiger partial charge in [-0.15, -0.1) is 21.5 Å². The number of carbonyl (C=O) groups excluding carboxylic acids is 1. The molecule has 0 aliphatic heterocycles. The summed E-state index contributed by atoms with van der Waals surface area (Å²) in [5.41, 5.74) is 4.74. The first-order chi connectivity index (χ1) is 15.6. The lowest BCUT2D eigenvalue weighted by atomic mass is 10.2. The highest BCUT2D eigenvalue weighted by atomic mass is 32.2. The number of aromatic nitrogens is 4. The van der Waals surface area contributed by atoms with E-state index in [0.717, 1.165) is 27.3 Å². The van der Waals surface area contributed by atoms with Gasteiger partial charge in [0.1, 0.15) is 5.01 Å². The Morgan fingerprint density at radius 3 is 2.66 bits per heavy atom. The van der Waals surface area contributed by atoms with Gasteiger partial charge in [-0.1, -0.05) is 17.8 Å². The summed E-state index contributed by atoms with van der Waals surface area (Å²) >= 11 is 2.85. The fraction of sp³-hybridized carbons (Fsp3) is 0.0870. The van der Waals surface area contributed by atoms with Crippen molar-refractivity contribution in [1.82, 2.24) is 20.2 Å². The molecule has 0 spiro atoms. The van der Waals surface area contributed by atoms with Crippen molar-refractivity contribution in [3.63, 3.8) is 0 Å². The fourth-order valence-electron chi connectivity index (χ4n) is 3.06. The molecule has 0 unspecified atom stereocenters. The number of anilines is 1. The number of thioether (sulfide) groups is 1. The number of thiazole rings is 1. The first-order valence-electron chi connectivity index (χ1n) is 9.78. The number of aryl methyl sites for hydroxylation is 1. The quantitative estimate of drug-likeness (QED) is 0.338. The summed E-state index contributed by atoms with van der Waals surface area (Å²) in [4.78, 5) is 21.0. The SMILES string of the molecule is Cc1ccc2nc(-c3ccc(NC(=O)CSc4nnc(-c5ccncc5)o4)cc3)sc2c1. The Labute approximate surface area is 191 Å². The molecule has 3 heterocycles. The van der Waals surface area contributed by atoms with Crippen LogP contribution in [-0.2, 0) is 4.79 Å². The average Bonchev–Trinajstić information content (AvgIpc) is 3.46. The highest BCUT2D eigenvalue weighted by molar-refractivity contribution is 7.99. The third-order valence-corrected chi connectivity index (χ3v) is 6.51. The number of nitrogens with one attached hydrogen (secondary N) is 1. The van der Waals surface area contributed by atoms with Crippen LogP contribution >= 0.6 is 23.1 Å². The van der Waals surface area contributed by atoms with E-state index in [-0.39, 0.29) is 11.7 Å². The molecule has 0 aliphatic carbocycles. The van der Waals surface area contributed by atoms with Gasteiger partial charge in [0.05, 0.1) is 16.0 Å². The Morgan fingerprint density at radius 2 is 1.84 bits per heavy atom. The van der Waals surface area contributed by atoms with Gasteiger partial charge in [0.25, 0.3) is 5.22 Å². The van der Waals surface area contributed by atoms with Gasteiger partial charge in [0, 0.05) is 29.2 Å². The highest BCUT2D eigenvalue weighted by Gasteiger charge is 2.12. The third kappa shape index (κ3) is 4.53. The predicted molar refractivity (Wildman–Crippen MR) is 127 cm³/mol. The molecular weight excluding hydrogens is 442 g/mol. The number of hydrogen-bond donors (Lipinski definition) is 1. The Hall–Kier alpha value is -3.56. The Bertz CT molecular complexity index is 1380. The minimum Gasteiger partial charge on any atom is -0.411 e. The Morgan fingerprint density at radius 1 is 1.03 bits per heavy atom. The monoisotopic (exact) mass is 459 g/mol. The van der Waals surface area contributed by atoms with Gasteiger partial charge in [-0.25, -0.2) is 4.98 Å². The summed E-state index contributed by atoms with van der Waals surface area (Å²) in [6.07, 6.45) is 3.31. The predicted octanol–water partition coefficient (Wildman–Crippen LogP) is 5.45. The van der Waals surface area contributed by atoms with E-state index >= 15 is 0 Å². The molecule has 0 atom stereocenters. The van der Waals surface area contributed by atoms with Gasteiger partial charge in [0.15, 0.2) is 0 Å². The zero-order valence-electron chi connectivity index (χ0n) is 17.0. The van der Waals surface area contributed by atoms with Gasteiger partial charge in [-0.3, -0.25) is 9.78 Å². The molecule has 3 aromatic heterocycles. The van der Waals surface area contributed by atoms with Gasteiger partial charge in [-0.2, -0.15) is 0 Å². The molecule has 0 saturated heterocycles. The van der Waals surface area contributed by atoms with E-state index in [2.05, 4.69) is 39.6 Å². The number of rotatable bonds is 6. The van der Waals surface area contributed by atoms with Crippen LogP contribution in [0.25, 0.3) is 32.2 Å². The second-order valence-electron chi connectivity index (χ2n) is 7.01. The maximum absolute atomic E-state index is 12.3. The zero-order valence-corrected chi connectivity index (χ0v) is 18.6. The lowest BCUT2D eigenvalue weighted by Crippen LogP contribution is -2.13. The maximum Gasteiger partial charge on any atom is 0.277 e. The normalized spacial score (nSPS) is 11.0. The molecule has 1 amide bonds. The summed E-state index contributed by atoms with van der Waals surface area (Å²) in [5, 5.41) is 12.2. The standard InChI is InChI=1S/C23H17N5O2S2/c1-14-2-7-18-19(12-14)32-22(26-18)16-3-5-17(6-4-16)25-20(29)13-31-23-28-27-21(30-23)15-8-10-24-11-9-15/h2-12H,13H2,1H3,(H,25,29). The molecule has 1 N–H and O–H groups in total. The molecule has 158 valence electrons. The van der Waals surface area contributed by atoms with E-state index in [0.29, 0.717) is 11.1 Å². The van der Waals surface area contributed by atoms with Crippen LogP contribution in [-0.4, -0.2) is 31.8 Å². The van der Waals surface area contributed by atoms with Crippen molar-refractivity contribution < 1.29 is 9.21 Å². The lowest BCUT2D eigenvalue weighted by Gasteiger charge is -2.04. The number of hydrogen-bond acceptors (Lipinski definition) is 8. The van der Waals surface area contributed by atoms with Crippen LogP contribution in [0.4, 0.5) is 5.69 Å². The van der Waals surface area contributed by atoms with Gasteiger partial charge in [0.2, 0.25) is 11.8 Å². The first kappa shape index (κ1) is 20.3. The molecule has 5 rings (SSSR count). The first-order valence-corrected chi connectivity index (χ1v) is 11.6. The Kier molecular flexibility index (Phi) is 5.66. The number of fused-ring (bicyclic) bond motifs is 1. The number of amides is 1. The van der Waals surface area contributed by atoms with Crippen molar-refractivity contribution in [2.45, 2.75) is 12.1 Å². The van der Waals surface area contributed by atoms with Crippen molar-refractivity contribution in [3.05, 3.63) is 72.6 Å². The smallest absolute Gasteiger partial charge is 0.277 e. The van der Waals surface area contributed by atoms with E-state index in [1.54, 1.807) is 35.9 Å². The van der Waals surface area contributed by atoms with E-state index in [1.807, 2.05) is 30.3 Å². The number of carbonyl (C=O) groups is 1. The Balaban J connectivity index is 1.19. The molecule has 0 saturated carbocycles. The van der Waals surface area contributed by atoms with Crippen molar-refractivity contribution in [3.8, 4) is 22.0 Å². The van der Waals surface area contributed by atoms with Crippen LogP contribution in [0.15, 0.2) is 76.6 Å². The van der Waals surface area contributed by atoms with Crippen LogP contribution in [0, 0.1) is 6.92 Å². The summed E-state index contributed by atoms with van der Waals surface area (Å²) in [6, 6.07) is 17.5. The summed E-state index contributed by atoms with van der Waals surface area (Å²) in [7, 11) is 0. The molecule has 7 nitrogen and oxygen atoms in total. The fourth-order valence-corrected chi connectivity index (χ4v) is 4.69. The van der Waals surface area contributed by atoms with Crippen molar-refractivity contribution >= 4 is 44.9 Å². The van der Waals surface area contributed by atoms with Crippen LogP contribution in [0.3, 0.4) is 0 Å². The molecule has 0 fully saturated rings. The second kappa shape index (κ2) is 8.89.